The molecule has 6 heteroatoms. The average Bonchev–Trinajstić information content (AvgIpc) is 2.92. The fourth-order valence-corrected chi connectivity index (χ4v) is 2.84. The maximum atomic E-state index is 9.00. The second-order valence-electron chi connectivity index (χ2n) is 4.88. The third-order valence-electron chi connectivity index (χ3n) is 3.76. The van der Waals surface area contributed by atoms with Crippen LogP contribution in [-0.2, 0) is 6.42 Å². The van der Waals surface area contributed by atoms with Gasteiger partial charge in [-0.2, -0.15) is 0 Å². The van der Waals surface area contributed by atoms with E-state index in [0.717, 1.165) is 37.2 Å². The normalized spacial score (nSPS) is 18.9. The number of hydrogen-bond donors (Lipinski definition) is 3. The van der Waals surface area contributed by atoms with E-state index < -0.39 is 0 Å². The van der Waals surface area contributed by atoms with Gasteiger partial charge < -0.3 is 15.4 Å². The van der Waals surface area contributed by atoms with Gasteiger partial charge in [-0.05, 0) is 32.1 Å². The van der Waals surface area contributed by atoms with Gasteiger partial charge in [0.05, 0.1) is 0 Å². The number of rotatable bonds is 6. The summed E-state index contributed by atoms with van der Waals surface area (Å²) in [6.07, 6.45) is 6.60. The fourth-order valence-electron chi connectivity index (χ4n) is 2.84. The molecule has 1 fully saturated rings. The molecular weight excluding hydrogens is 242 g/mol. The molecule has 19 heavy (non-hydrogen) atoms. The molecule has 0 saturated carbocycles. The zero-order valence-corrected chi connectivity index (χ0v) is 11.5. The SMILES string of the molecule is CCc1c(NN)ncnc1N1CCCC1CCCO. The Kier molecular flexibility index (Phi) is 4.93. The van der Waals surface area contributed by atoms with E-state index in [4.69, 9.17) is 10.9 Å². The van der Waals surface area contributed by atoms with Crippen LogP contribution in [0.3, 0.4) is 0 Å². The third kappa shape index (κ3) is 2.96. The van der Waals surface area contributed by atoms with Crippen molar-refractivity contribution in [1.29, 1.82) is 0 Å². The molecule has 1 aliphatic rings. The summed E-state index contributed by atoms with van der Waals surface area (Å²) >= 11 is 0. The minimum Gasteiger partial charge on any atom is -0.396 e. The molecule has 6 nitrogen and oxygen atoms in total. The molecule has 1 saturated heterocycles. The van der Waals surface area contributed by atoms with Crippen molar-refractivity contribution in [3.63, 3.8) is 0 Å². The van der Waals surface area contributed by atoms with Crippen LogP contribution in [0.25, 0.3) is 0 Å². The first-order valence-corrected chi connectivity index (χ1v) is 6.99. The monoisotopic (exact) mass is 265 g/mol. The van der Waals surface area contributed by atoms with Crippen molar-refractivity contribution in [3.8, 4) is 0 Å². The number of nitrogens with two attached hydrogens (primary N) is 1. The number of hydrazine groups is 1. The van der Waals surface area contributed by atoms with E-state index in [2.05, 4.69) is 27.2 Å². The van der Waals surface area contributed by atoms with Gasteiger partial charge in [-0.15, -0.1) is 0 Å². The highest BCUT2D eigenvalue weighted by molar-refractivity contribution is 5.59. The quantitative estimate of drug-likeness (QED) is 0.527. The lowest BCUT2D eigenvalue weighted by Gasteiger charge is -2.28. The lowest BCUT2D eigenvalue weighted by Crippen LogP contribution is -2.31. The fraction of sp³-hybridized carbons (Fsp3) is 0.692. The van der Waals surface area contributed by atoms with Crippen molar-refractivity contribution in [1.82, 2.24) is 9.97 Å². The van der Waals surface area contributed by atoms with E-state index in [-0.39, 0.29) is 6.61 Å². The Hall–Kier alpha value is -1.40. The molecule has 1 aromatic heterocycles. The highest BCUT2D eigenvalue weighted by Gasteiger charge is 2.27. The lowest BCUT2D eigenvalue weighted by atomic mass is 10.1. The van der Waals surface area contributed by atoms with E-state index in [9.17, 15) is 0 Å². The zero-order chi connectivity index (χ0) is 13.7. The number of aromatic nitrogens is 2. The summed E-state index contributed by atoms with van der Waals surface area (Å²) in [5.41, 5.74) is 3.72. The van der Waals surface area contributed by atoms with Gasteiger partial charge in [0.2, 0.25) is 0 Å². The Labute approximate surface area is 114 Å². The third-order valence-corrected chi connectivity index (χ3v) is 3.76. The summed E-state index contributed by atoms with van der Waals surface area (Å²) in [4.78, 5) is 11.0. The number of aliphatic hydroxyl groups is 1. The molecule has 1 aliphatic heterocycles. The lowest BCUT2D eigenvalue weighted by molar-refractivity contribution is 0.279. The number of aliphatic hydroxyl groups excluding tert-OH is 1. The van der Waals surface area contributed by atoms with Crippen molar-refractivity contribution >= 4 is 11.6 Å². The first-order chi connectivity index (χ1) is 9.31. The van der Waals surface area contributed by atoms with Crippen LogP contribution in [0, 0.1) is 0 Å². The summed E-state index contributed by atoms with van der Waals surface area (Å²) in [5.74, 6) is 7.22. The first kappa shape index (κ1) is 14.0. The number of anilines is 2. The van der Waals surface area contributed by atoms with Crippen molar-refractivity contribution < 1.29 is 5.11 Å². The molecule has 0 amide bonds. The van der Waals surface area contributed by atoms with Crippen molar-refractivity contribution in [2.24, 2.45) is 5.84 Å². The van der Waals surface area contributed by atoms with E-state index in [1.165, 1.54) is 12.8 Å². The molecule has 0 bridgehead atoms. The summed E-state index contributed by atoms with van der Waals surface area (Å²) in [6, 6.07) is 0.470. The molecule has 106 valence electrons. The van der Waals surface area contributed by atoms with Crippen molar-refractivity contribution in [3.05, 3.63) is 11.9 Å². The van der Waals surface area contributed by atoms with Gasteiger partial charge in [0, 0.05) is 24.8 Å². The van der Waals surface area contributed by atoms with Gasteiger partial charge >= 0.3 is 0 Å². The van der Waals surface area contributed by atoms with Gasteiger partial charge in [-0.1, -0.05) is 6.92 Å². The molecule has 2 rings (SSSR count). The minimum atomic E-state index is 0.254. The minimum absolute atomic E-state index is 0.254. The van der Waals surface area contributed by atoms with Gasteiger partial charge in [-0.25, -0.2) is 15.8 Å². The van der Waals surface area contributed by atoms with E-state index in [0.29, 0.717) is 11.9 Å². The van der Waals surface area contributed by atoms with E-state index >= 15 is 0 Å². The Morgan fingerprint density at radius 3 is 3.05 bits per heavy atom. The topological polar surface area (TPSA) is 87.3 Å². The second kappa shape index (κ2) is 6.68. The number of nitrogens with zero attached hydrogens (tertiary/aromatic N) is 3. The van der Waals surface area contributed by atoms with Crippen LogP contribution in [0.2, 0.25) is 0 Å². The predicted octanol–water partition coefficient (Wildman–Crippen LogP) is 1.07. The largest absolute Gasteiger partial charge is 0.396 e. The molecular formula is C13H23N5O. The summed E-state index contributed by atoms with van der Waals surface area (Å²) in [6.45, 7) is 3.36. The van der Waals surface area contributed by atoms with Crippen LogP contribution in [0.5, 0.6) is 0 Å². The number of hydrogen-bond acceptors (Lipinski definition) is 6. The predicted molar refractivity (Wildman–Crippen MR) is 75.9 cm³/mol. The molecule has 4 N–H and O–H groups in total. The van der Waals surface area contributed by atoms with Gasteiger partial charge in [0.1, 0.15) is 18.0 Å². The van der Waals surface area contributed by atoms with Crippen molar-refractivity contribution in [2.75, 3.05) is 23.5 Å². The van der Waals surface area contributed by atoms with Gasteiger partial charge in [0.25, 0.3) is 0 Å². The molecule has 0 radical (unpaired) electrons. The molecule has 0 aromatic carbocycles. The highest BCUT2D eigenvalue weighted by Crippen LogP contribution is 2.31. The van der Waals surface area contributed by atoms with Gasteiger partial charge in [-0.3, -0.25) is 0 Å². The van der Waals surface area contributed by atoms with Gasteiger partial charge in [0.15, 0.2) is 0 Å². The Balaban J connectivity index is 2.24. The first-order valence-electron chi connectivity index (χ1n) is 6.99. The van der Waals surface area contributed by atoms with Crippen LogP contribution < -0.4 is 16.2 Å². The number of nitrogens with one attached hydrogen (secondary N) is 1. The van der Waals surface area contributed by atoms with Crippen LogP contribution >= 0.6 is 0 Å². The molecule has 0 spiro atoms. The Morgan fingerprint density at radius 1 is 1.53 bits per heavy atom. The standard InChI is InChI=1S/C13H23N5O/c1-2-11-12(17-14)15-9-16-13(11)18-7-3-5-10(18)6-4-8-19/h9-10,19H,2-8,14H2,1H3,(H,15,16,17). The summed E-state index contributed by atoms with van der Waals surface area (Å²) in [7, 11) is 0. The van der Waals surface area contributed by atoms with Crippen LogP contribution in [0.15, 0.2) is 6.33 Å². The smallest absolute Gasteiger partial charge is 0.148 e. The highest BCUT2D eigenvalue weighted by atomic mass is 16.2. The average molecular weight is 265 g/mol. The van der Waals surface area contributed by atoms with E-state index in [1.54, 1.807) is 6.33 Å². The zero-order valence-electron chi connectivity index (χ0n) is 11.5. The van der Waals surface area contributed by atoms with Crippen LogP contribution in [0.1, 0.15) is 38.2 Å². The molecule has 1 atom stereocenters. The summed E-state index contributed by atoms with van der Waals surface area (Å²) in [5, 5.41) is 9.00. The van der Waals surface area contributed by atoms with E-state index in [1.807, 2.05) is 0 Å². The molecule has 1 aromatic rings. The Bertz CT molecular complexity index is 412. The number of nitrogen functional groups attached to an aromatic ring is 1. The van der Waals surface area contributed by atoms with Crippen molar-refractivity contribution in [2.45, 2.75) is 45.1 Å². The maximum absolute atomic E-state index is 9.00. The molecule has 1 unspecified atom stereocenters. The van der Waals surface area contributed by atoms with Crippen LogP contribution in [-0.4, -0.2) is 34.3 Å². The summed E-state index contributed by atoms with van der Waals surface area (Å²) < 4.78 is 0. The van der Waals surface area contributed by atoms with Crippen LogP contribution in [0.4, 0.5) is 11.6 Å². The second-order valence-corrected chi connectivity index (χ2v) is 4.88. The molecule has 0 aliphatic carbocycles. The Morgan fingerprint density at radius 2 is 2.37 bits per heavy atom. The molecule has 2 heterocycles. The maximum Gasteiger partial charge on any atom is 0.148 e.